The Bertz CT molecular complexity index is 730. The maximum absolute atomic E-state index is 10.9. The molecule has 0 saturated heterocycles. The van der Waals surface area contributed by atoms with Crippen LogP contribution in [0.2, 0.25) is 0 Å². The molecule has 156 valence electrons. The lowest BCUT2D eigenvalue weighted by Crippen LogP contribution is -2.22. The van der Waals surface area contributed by atoms with Gasteiger partial charge in [-0.25, -0.2) is 0 Å². The maximum Gasteiger partial charge on any atom is 0.294 e. The molecule has 1 aromatic carbocycles. The van der Waals surface area contributed by atoms with Gasteiger partial charge in [-0.1, -0.05) is 31.9 Å². The summed E-state index contributed by atoms with van der Waals surface area (Å²) < 4.78 is 0. The summed E-state index contributed by atoms with van der Waals surface area (Å²) in [6.07, 6.45) is 7.59. The molecule has 0 fully saturated rings. The third kappa shape index (κ3) is 5.92. The van der Waals surface area contributed by atoms with Crippen molar-refractivity contribution in [1.82, 2.24) is 0 Å². The van der Waals surface area contributed by atoms with Gasteiger partial charge >= 0.3 is 0 Å². The van der Waals surface area contributed by atoms with Crippen LogP contribution >= 0.6 is 8.15 Å². The van der Waals surface area contributed by atoms with Crippen LogP contribution in [0.4, 0.5) is 0 Å². The molecule has 2 unspecified atom stereocenters. The molecule has 0 aliphatic heterocycles. The summed E-state index contributed by atoms with van der Waals surface area (Å²) in [4.78, 5) is 25.1. The number of benzene rings is 1. The zero-order chi connectivity index (χ0) is 20.9. The van der Waals surface area contributed by atoms with Gasteiger partial charge < -0.3 is 14.8 Å². The van der Waals surface area contributed by atoms with Crippen molar-refractivity contribution in [3.8, 4) is 5.75 Å². The van der Waals surface area contributed by atoms with Crippen LogP contribution in [0.15, 0.2) is 23.8 Å². The first-order valence-electron chi connectivity index (χ1n) is 9.86. The van der Waals surface area contributed by atoms with Crippen molar-refractivity contribution in [3.63, 3.8) is 0 Å². The predicted molar refractivity (Wildman–Crippen MR) is 113 cm³/mol. The minimum atomic E-state index is -1.35. The second-order valence-corrected chi connectivity index (χ2v) is 9.89. The first kappa shape index (κ1) is 22.6. The van der Waals surface area contributed by atoms with Crippen LogP contribution in [0.3, 0.4) is 0 Å². The van der Waals surface area contributed by atoms with Crippen LogP contribution in [0.5, 0.6) is 5.75 Å². The number of unbranched alkanes of at least 4 members (excludes halogenated alkanes) is 1. The Morgan fingerprint density at radius 3 is 2.68 bits per heavy atom. The van der Waals surface area contributed by atoms with Gasteiger partial charge in [0.15, 0.2) is 0 Å². The van der Waals surface area contributed by atoms with E-state index in [2.05, 4.69) is 31.7 Å². The molecular formula is C21H32NO5P. The average Bonchev–Trinajstić information content (AvgIpc) is 2.60. The topological polar surface area (TPSA) is 92.8 Å². The summed E-state index contributed by atoms with van der Waals surface area (Å²) in [5, 5.41) is 21.2. The molecule has 0 spiro atoms. The number of hydrogen-bond acceptors (Lipinski definition) is 5. The normalized spacial score (nSPS) is 18.5. The summed E-state index contributed by atoms with van der Waals surface area (Å²) in [5.74, 6) is 0.411. The Morgan fingerprint density at radius 2 is 2.07 bits per heavy atom. The summed E-state index contributed by atoms with van der Waals surface area (Å²) in [7, 11) is -1.35. The summed E-state index contributed by atoms with van der Waals surface area (Å²) >= 11 is 0. The number of rotatable bonds is 9. The maximum atomic E-state index is 10.9. The van der Waals surface area contributed by atoms with Crippen LogP contribution in [-0.2, 0) is 10.3 Å². The Kier molecular flexibility index (Phi) is 7.85. The molecule has 0 radical (unpaired) electrons. The van der Waals surface area contributed by atoms with Crippen molar-refractivity contribution < 1.29 is 19.9 Å². The highest BCUT2D eigenvalue weighted by atomic mass is 31.1. The molecule has 0 amide bonds. The van der Waals surface area contributed by atoms with Crippen LogP contribution < -0.4 is 5.30 Å². The molecule has 6 nitrogen and oxygen atoms in total. The van der Waals surface area contributed by atoms with E-state index in [9.17, 15) is 20.1 Å². The summed E-state index contributed by atoms with van der Waals surface area (Å²) in [5.41, 5.74) is 2.97. The zero-order valence-electron chi connectivity index (χ0n) is 17.3. The van der Waals surface area contributed by atoms with Crippen molar-refractivity contribution in [2.24, 2.45) is 0 Å². The number of hydrogen-bond donors (Lipinski definition) is 2. The standard InChI is InChI=1S/C21H32NO5P/c1-15-8-7-9-16(12-15)20-18(23)13-17(14-19(20)28(4)26)21(2,3)10-5-6-11-27-22(24)25/h12-14,16,23,26H,5-11H2,1-4H3. The molecule has 0 aromatic heterocycles. The monoisotopic (exact) mass is 409 g/mol. The van der Waals surface area contributed by atoms with E-state index in [0.29, 0.717) is 6.42 Å². The first-order chi connectivity index (χ1) is 13.1. The van der Waals surface area contributed by atoms with E-state index in [1.807, 2.05) is 12.1 Å². The molecule has 28 heavy (non-hydrogen) atoms. The second kappa shape index (κ2) is 9.71. The molecule has 1 aliphatic rings. The third-order valence-electron chi connectivity index (χ3n) is 5.60. The number of aromatic hydroxyl groups is 1. The third-order valence-corrected chi connectivity index (χ3v) is 6.67. The number of phenols is 1. The molecule has 2 atom stereocenters. The molecule has 7 heteroatoms. The van der Waals surface area contributed by atoms with E-state index >= 15 is 0 Å². The molecule has 0 saturated carbocycles. The smallest absolute Gasteiger partial charge is 0.294 e. The first-order valence-corrected chi connectivity index (χ1v) is 11.6. The van der Waals surface area contributed by atoms with E-state index < -0.39 is 13.2 Å². The van der Waals surface area contributed by atoms with Gasteiger partial charge in [-0.05, 0) is 68.8 Å². The fourth-order valence-electron chi connectivity index (χ4n) is 3.95. The Balaban J connectivity index is 2.23. The largest absolute Gasteiger partial charge is 0.508 e. The SMILES string of the molecule is CC1=CC(c2c(O)cc(C(C)(C)CCCCO[N+](=O)[O-])cc2P(C)O)CCC1. The van der Waals surface area contributed by atoms with Gasteiger partial charge in [-0.3, -0.25) is 0 Å². The number of nitrogens with zero attached hydrogens (tertiary/aromatic N) is 1. The average molecular weight is 409 g/mol. The Morgan fingerprint density at radius 1 is 1.36 bits per heavy atom. The fourth-order valence-corrected chi connectivity index (χ4v) is 4.91. The van der Waals surface area contributed by atoms with Gasteiger partial charge in [0, 0.05) is 16.8 Å². The molecule has 2 rings (SSSR count). The van der Waals surface area contributed by atoms with E-state index in [1.54, 1.807) is 6.66 Å². The van der Waals surface area contributed by atoms with Gasteiger partial charge in [0.05, 0.1) is 14.8 Å². The van der Waals surface area contributed by atoms with Crippen LogP contribution in [0.25, 0.3) is 0 Å². The quantitative estimate of drug-likeness (QED) is 0.199. The predicted octanol–water partition coefficient (Wildman–Crippen LogP) is 4.91. The highest BCUT2D eigenvalue weighted by Gasteiger charge is 2.27. The van der Waals surface area contributed by atoms with Gasteiger partial charge in [0.1, 0.15) is 5.75 Å². The van der Waals surface area contributed by atoms with Crippen LogP contribution in [-0.4, -0.2) is 28.4 Å². The van der Waals surface area contributed by atoms with Gasteiger partial charge in [0.25, 0.3) is 5.09 Å². The molecule has 1 aliphatic carbocycles. The minimum Gasteiger partial charge on any atom is -0.508 e. The van der Waals surface area contributed by atoms with Gasteiger partial charge in [0.2, 0.25) is 0 Å². The lowest BCUT2D eigenvalue weighted by atomic mass is 9.78. The van der Waals surface area contributed by atoms with Crippen molar-refractivity contribution in [3.05, 3.63) is 45.0 Å². The van der Waals surface area contributed by atoms with E-state index in [0.717, 1.165) is 48.5 Å². The van der Waals surface area contributed by atoms with Gasteiger partial charge in [-0.15, -0.1) is 10.1 Å². The minimum absolute atomic E-state index is 0.1000. The van der Waals surface area contributed by atoms with E-state index in [4.69, 9.17) is 0 Å². The Labute approximate surface area is 168 Å². The van der Waals surface area contributed by atoms with E-state index in [1.165, 1.54) is 5.57 Å². The highest BCUT2D eigenvalue weighted by molar-refractivity contribution is 7.59. The van der Waals surface area contributed by atoms with Crippen molar-refractivity contribution >= 4 is 13.5 Å². The molecule has 0 bridgehead atoms. The van der Waals surface area contributed by atoms with Crippen LogP contribution in [0, 0.1) is 10.1 Å². The Hall–Kier alpha value is -1.65. The zero-order valence-corrected chi connectivity index (χ0v) is 18.2. The highest BCUT2D eigenvalue weighted by Crippen LogP contribution is 2.42. The van der Waals surface area contributed by atoms with Crippen molar-refractivity contribution in [2.45, 2.75) is 70.6 Å². The molecular weight excluding hydrogens is 377 g/mol. The second-order valence-electron chi connectivity index (χ2n) is 8.36. The molecule has 2 N–H and O–H groups in total. The van der Waals surface area contributed by atoms with E-state index in [-0.39, 0.29) is 23.7 Å². The summed E-state index contributed by atoms with van der Waals surface area (Å²) in [6, 6.07) is 3.88. The fraction of sp³-hybridized carbons (Fsp3) is 0.619. The molecule has 1 aromatic rings. The summed E-state index contributed by atoms with van der Waals surface area (Å²) in [6.45, 7) is 8.22. The number of phenolic OH excluding ortho intramolecular Hbond substituents is 1. The lowest BCUT2D eigenvalue weighted by Gasteiger charge is -2.30. The van der Waals surface area contributed by atoms with Gasteiger partial charge in [-0.2, -0.15) is 0 Å². The van der Waals surface area contributed by atoms with Crippen LogP contribution in [0.1, 0.15) is 76.3 Å². The van der Waals surface area contributed by atoms with Crippen molar-refractivity contribution in [1.29, 1.82) is 0 Å². The number of allylic oxidation sites excluding steroid dienone is 2. The molecule has 0 heterocycles. The lowest BCUT2D eigenvalue weighted by molar-refractivity contribution is -0.757. The van der Waals surface area contributed by atoms with Crippen molar-refractivity contribution in [2.75, 3.05) is 13.3 Å².